The Morgan fingerprint density at radius 3 is 1.01 bits per heavy atom. The van der Waals surface area contributed by atoms with Gasteiger partial charge in [-0.3, -0.25) is 9.98 Å². The molecule has 13 heterocycles. The van der Waals surface area contributed by atoms with Crippen LogP contribution in [0.5, 0.6) is 0 Å². The van der Waals surface area contributed by atoms with E-state index in [4.69, 9.17) is 8.83 Å². The lowest BCUT2D eigenvalue weighted by Gasteiger charge is -1.92. The fourth-order valence-corrected chi connectivity index (χ4v) is 5.18. The second-order valence-corrected chi connectivity index (χ2v) is 19.7. The van der Waals surface area contributed by atoms with Gasteiger partial charge in [0.25, 0.3) is 0 Å². The summed E-state index contributed by atoms with van der Waals surface area (Å²) in [6.45, 7) is 80.3. The fourth-order valence-electron chi connectivity index (χ4n) is 3.87. The minimum Gasteiger partial charge on any atom is -0.472 e. The molecule has 1 aromatic carbocycles. The minimum atomic E-state index is 0.968. The Morgan fingerprint density at radius 1 is 0.485 bits per heavy atom. The van der Waals surface area contributed by atoms with Gasteiger partial charge in [0.15, 0.2) is 0 Å². The summed E-state index contributed by atoms with van der Waals surface area (Å²) in [6.07, 6.45) is 29.9. The van der Waals surface area contributed by atoms with Crippen molar-refractivity contribution >= 4 is 46.9 Å². The maximum absolute atomic E-state index is 4.83. The number of rotatable bonds is 0. The lowest BCUT2D eigenvalue weighted by molar-refractivity contribution is 0.503. The molecule has 0 fully saturated rings. The predicted octanol–water partition coefficient (Wildman–Crippen LogP) is 32.6. The maximum atomic E-state index is 4.83. The summed E-state index contributed by atoms with van der Waals surface area (Å²) >= 11 is 5.33. The van der Waals surface area contributed by atoms with Crippen LogP contribution in [0.4, 0.5) is 0 Å². The minimum absolute atomic E-state index is 0.968. The monoisotopic (exact) mass is 1490 g/mol. The number of nitrogens with zero attached hydrogens (tertiary/aromatic N) is 4. The van der Waals surface area contributed by atoms with Gasteiger partial charge >= 0.3 is 0 Å². The Labute approximate surface area is 653 Å². The van der Waals surface area contributed by atoms with Gasteiger partial charge in [0.1, 0.15) is 17.8 Å². The molecule has 8 aromatic rings. The van der Waals surface area contributed by atoms with Crippen LogP contribution in [-0.4, -0.2) is 38.9 Å². The molecule has 0 amide bonds. The van der Waals surface area contributed by atoms with Crippen molar-refractivity contribution in [3.05, 3.63) is 272 Å². The molecule has 6 aliphatic heterocycles. The molecule has 0 spiro atoms. The molecule has 0 aliphatic carbocycles. The number of benzene rings is 1. The predicted molar refractivity (Wildman–Crippen MR) is 486 cm³/mol. The van der Waals surface area contributed by atoms with Crippen LogP contribution in [-0.2, 0) is 11.8 Å². The van der Waals surface area contributed by atoms with Crippen LogP contribution >= 0.6 is 34.4 Å². The van der Waals surface area contributed by atoms with E-state index in [2.05, 4.69) is 117 Å². The van der Waals surface area contributed by atoms with E-state index in [1.54, 1.807) is 53.9 Å². The number of furan rings is 2. The van der Waals surface area contributed by atoms with Gasteiger partial charge in [-0.05, 0) is 199 Å². The van der Waals surface area contributed by atoms with Gasteiger partial charge < -0.3 is 38.3 Å². The number of thiophene rings is 2. The second kappa shape index (κ2) is 124. The lowest BCUT2D eigenvalue weighted by Crippen LogP contribution is -1.82. The van der Waals surface area contributed by atoms with Crippen LogP contribution in [0.3, 0.4) is 0 Å². The topological polar surface area (TPSA) is 125 Å². The number of ether oxygens (including phenoxy) is 1. The van der Waals surface area contributed by atoms with Gasteiger partial charge in [0.2, 0.25) is 0 Å². The molecule has 6 aliphatic rings. The third kappa shape index (κ3) is 150. The van der Waals surface area contributed by atoms with Crippen LogP contribution in [0.1, 0.15) is 267 Å². The highest BCUT2D eigenvalue weighted by Crippen LogP contribution is 2.32. The molecule has 10 nitrogen and oxygen atoms in total. The van der Waals surface area contributed by atoms with Crippen molar-refractivity contribution in [1.29, 1.82) is 0 Å². The number of hydrogen-bond acceptors (Lipinski definition) is 10. The summed E-state index contributed by atoms with van der Waals surface area (Å²) in [5.41, 5.74) is 10.1. The highest BCUT2D eigenvalue weighted by atomic mass is 32.2. The van der Waals surface area contributed by atoms with Crippen molar-refractivity contribution in [1.82, 2.24) is 24.8 Å². The summed E-state index contributed by atoms with van der Waals surface area (Å²) < 4.78 is 16.0. The third-order valence-corrected chi connectivity index (χ3v) is 10.9. The number of hydrogen-bond donors (Lipinski definition) is 3. The van der Waals surface area contributed by atoms with E-state index < -0.39 is 0 Å². The standard InChI is InChI=1S/C7H8.3C5H7N.2C5H6O.2C5H6S.2C4H5N.2C3H5N.C3H4O.C3H4S.14C2H6/c1-7-5-3-2-4-6-7;1-5-2-3-6-4-5;1-6-4-2-3-5-6;1-5-3-2-4-6-5;1-5-2-3-6-4-5;1-5-3-2-4-6-5;1-5-2-3-6-4-5;1-5-3-2-4-6-5;1-4-2-5-3-4;1-4-2-3-5-4;1-4-2-3-4;3*1-3-2-4-3;14*1-2/h2-6H,1H3;2-4,6H,1H3;2-5H,1H3;2-4,6H,1H3;4*2-4H,1H3;2*2-3H,1H3;2-3H,1H3;2,4H,1H3;2*2H,1H3;14*1-2H3. The van der Waals surface area contributed by atoms with Crippen molar-refractivity contribution < 1.29 is 13.6 Å². The molecule has 596 valence electrons. The molecule has 0 bridgehead atoms. The first-order valence-electron chi connectivity index (χ1n) is 38.2. The first kappa shape index (κ1) is 128. The normalized spacial score (nSPS) is 9.53. The van der Waals surface area contributed by atoms with E-state index in [0.29, 0.717) is 0 Å². The van der Waals surface area contributed by atoms with Gasteiger partial charge in [0, 0.05) is 104 Å². The van der Waals surface area contributed by atoms with Crippen molar-refractivity contribution in [2.45, 2.75) is 277 Å². The molecule has 3 N–H and O–H groups in total. The number of thioether (sulfide) groups is 1. The number of nitrogens with one attached hydrogen (secondary N) is 3. The Hall–Kier alpha value is -7.45. The number of aliphatic imine (C=N–C) groups is 2. The Morgan fingerprint density at radius 2 is 0.922 bits per heavy atom. The number of H-pyrrole nitrogens is 2. The van der Waals surface area contributed by atoms with Gasteiger partial charge in [-0.25, -0.2) is 0 Å². The van der Waals surface area contributed by atoms with Gasteiger partial charge in [-0.2, -0.15) is 11.3 Å². The molecule has 0 saturated carbocycles. The highest BCUT2D eigenvalue weighted by molar-refractivity contribution is 8.12. The summed E-state index contributed by atoms with van der Waals surface area (Å²) in [6, 6.07) is 32.3. The van der Waals surface area contributed by atoms with E-state index in [-0.39, 0.29) is 0 Å². The number of allylic oxidation sites excluding steroid dienone is 6. The molecule has 0 unspecified atom stereocenters. The first-order valence-corrected chi connectivity index (χ1v) is 40.9. The van der Waals surface area contributed by atoms with Crippen LogP contribution in [0.15, 0.2) is 252 Å². The fraction of sp³-hybridized carbons (Fsp3) is 0.467. The SMILES string of the molecule is CC.CC.CC.CC.CC.CC.CC.CC.CC.CC.CC.CC.CC.CC.CC1=CC=N1.CC1=CN1.CC1=CN=C1.CC1=CO1.CC1=CS1.CN1C=C1.Cc1cc[nH]c1.Cc1ccc[nH]1.Cc1ccccc1.Cc1ccco1.Cc1cccs1.Cc1ccoc1.Cc1ccsc1.Cn1cccc1. The summed E-state index contributed by atoms with van der Waals surface area (Å²) in [5, 5.41) is 11.3. The molecular formula is C90H165N7O3S3. The second-order valence-electron chi connectivity index (χ2n) is 16.7. The van der Waals surface area contributed by atoms with E-state index >= 15 is 0 Å². The van der Waals surface area contributed by atoms with E-state index in [1.807, 2.05) is 412 Å². The molecule has 0 radical (unpaired) electrons. The Bertz CT molecular complexity index is 2360. The number of aryl methyl sites for hydroxylation is 8. The molecule has 103 heavy (non-hydrogen) atoms. The van der Waals surface area contributed by atoms with Crippen molar-refractivity contribution in [3.8, 4) is 0 Å². The molecular weight excluding hydrogens is 1320 g/mol. The van der Waals surface area contributed by atoms with Crippen molar-refractivity contribution in [2.75, 3.05) is 7.05 Å². The van der Waals surface area contributed by atoms with Crippen LogP contribution in [0, 0.1) is 48.5 Å². The highest BCUT2D eigenvalue weighted by Gasteiger charge is 1.96. The molecule has 7 aromatic heterocycles. The summed E-state index contributed by atoms with van der Waals surface area (Å²) in [7, 11) is 4.00. The van der Waals surface area contributed by atoms with E-state index in [0.717, 1.165) is 17.2 Å². The van der Waals surface area contributed by atoms with Crippen molar-refractivity contribution in [2.24, 2.45) is 17.0 Å². The van der Waals surface area contributed by atoms with E-state index in [1.165, 1.54) is 49.0 Å². The zero-order valence-electron chi connectivity index (χ0n) is 74.5. The summed E-state index contributed by atoms with van der Waals surface area (Å²) in [4.78, 5) is 18.3. The number of aromatic nitrogens is 3. The smallest absolute Gasteiger partial charge is 0.135 e. The van der Waals surface area contributed by atoms with E-state index in [9.17, 15) is 0 Å². The molecule has 0 saturated heterocycles. The van der Waals surface area contributed by atoms with Crippen LogP contribution in [0.25, 0.3) is 0 Å². The molecule has 14 rings (SSSR count). The molecule has 0 atom stereocenters. The van der Waals surface area contributed by atoms with Crippen LogP contribution in [0.2, 0.25) is 0 Å². The average molecular weight is 1490 g/mol. The zero-order chi connectivity index (χ0) is 83.3. The molecule has 13 heteroatoms. The first-order chi connectivity index (χ1) is 50.0. The maximum Gasteiger partial charge on any atom is 0.135 e. The Balaban J connectivity index is -0.0000000674. The van der Waals surface area contributed by atoms with Crippen LogP contribution < -0.4 is 5.32 Å². The lowest BCUT2D eigenvalue weighted by atomic mass is 10.2. The number of aromatic amines is 2. The zero-order valence-corrected chi connectivity index (χ0v) is 77.0. The Kier molecular flexibility index (Phi) is 155. The van der Waals surface area contributed by atoms with Gasteiger partial charge in [0.05, 0.1) is 18.8 Å². The average Bonchev–Trinajstić information content (AvgIpc) is 1.48. The quantitative estimate of drug-likeness (QED) is 0.139. The largest absolute Gasteiger partial charge is 0.472 e. The third-order valence-electron chi connectivity index (χ3n) is 8.59. The van der Waals surface area contributed by atoms with Crippen molar-refractivity contribution in [3.63, 3.8) is 0 Å². The van der Waals surface area contributed by atoms with Gasteiger partial charge in [-0.1, -0.05) is 236 Å². The van der Waals surface area contributed by atoms with Gasteiger partial charge in [-0.15, -0.1) is 23.1 Å². The summed E-state index contributed by atoms with van der Waals surface area (Å²) in [5.74, 6) is 2.01.